The lowest BCUT2D eigenvalue weighted by Crippen LogP contribution is -2.18. The number of nitrogens with one attached hydrogen (secondary N) is 1. The summed E-state index contributed by atoms with van der Waals surface area (Å²) < 4.78 is 11.1. The summed E-state index contributed by atoms with van der Waals surface area (Å²) in [5, 5.41) is 12.7. The third kappa shape index (κ3) is 3.78. The number of benzene rings is 2. The van der Waals surface area contributed by atoms with Gasteiger partial charge in [0.1, 0.15) is 18.1 Å². The first-order chi connectivity index (χ1) is 14.0. The van der Waals surface area contributed by atoms with Gasteiger partial charge in [-0.1, -0.05) is 17.3 Å². The molecule has 1 amide bonds. The second-order valence-corrected chi connectivity index (χ2v) is 6.52. The summed E-state index contributed by atoms with van der Waals surface area (Å²) in [6.07, 6.45) is 1.67. The summed E-state index contributed by atoms with van der Waals surface area (Å²) in [6.45, 7) is 4.08. The minimum atomic E-state index is -0.603. The fraction of sp³-hybridized carbons (Fsp3) is 0.143. The zero-order chi connectivity index (χ0) is 20.4. The number of rotatable bonds is 5. The number of carbonyl (C=O) groups is 1. The second kappa shape index (κ2) is 7.69. The standard InChI is InChI=1S/C21H18N4O4/c1-12-17(13(2)29-25-12)11-28-16-5-3-4-14(8-16)20-10-22-18-7-6-15(21(26)24-27)9-19(18)23-20/h3-10,27H,11H2,1-2H3,(H,24,26). The molecule has 4 aromatic rings. The van der Waals surface area contributed by atoms with Crippen molar-refractivity contribution in [3.63, 3.8) is 0 Å². The van der Waals surface area contributed by atoms with Gasteiger partial charge in [0.05, 0.1) is 34.2 Å². The number of hydrogen-bond donors (Lipinski definition) is 2. The lowest BCUT2D eigenvalue weighted by Gasteiger charge is -2.08. The topological polar surface area (TPSA) is 110 Å². The molecule has 0 aliphatic carbocycles. The number of amides is 1. The van der Waals surface area contributed by atoms with Gasteiger partial charge in [-0.25, -0.2) is 10.5 Å². The monoisotopic (exact) mass is 390 g/mol. The lowest BCUT2D eigenvalue weighted by molar-refractivity contribution is 0.0706. The van der Waals surface area contributed by atoms with E-state index in [-0.39, 0.29) is 0 Å². The molecular formula is C21H18N4O4. The van der Waals surface area contributed by atoms with Gasteiger partial charge in [0.2, 0.25) is 0 Å². The van der Waals surface area contributed by atoms with E-state index < -0.39 is 5.91 Å². The van der Waals surface area contributed by atoms with Crippen LogP contribution in [0, 0.1) is 13.8 Å². The molecule has 146 valence electrons. The molecule has 0 saturated carbocycles. The number of ether oxygens (including phenoxy) is 1. The molecule has 0 atom stereocenters. The van der Waals surface area contributed by atoms with Crippen LogP contribution in [-0.2, 0) is 6.61 Å². The molecule has 29 heavy (non-hydrogen) atoms. The summed E-state index contributed by atoms with van der Waals surface area (Å²) in [7, 11) is 0. The highest BCUT2D eigenvalue weighted by Crippen LogP contribution is 2.25. The summed E-state index contributed by atoms with van der Waals surface area (Å²) in [6, 6.07) is 12.3. The summed E-state index contributed by atoms with van der Waals surface area (Å²) >= 11 is 0. The van der Waals surface area contributed by atoms with Crippen molar-refractivity contribution in [1.82, 2.24) is 20.6 Å². The van der Waals surface area contributed by atoms with E-state index in [1.165, 1.54) is 0 Å². The fourth-order valence-corrected chi connectivity index (χ4v) is 2.97. The van der Waals surface area contributed by atoms with Gasteiger partial charge < -0.3 is 9.26 Å². The average molecular weight is 390 g/mol. The molecule has 0 fully saturated rings. The number of nitrogens with zero attached hydrogens (tertiary/aromatic N) is 3. The molecule has 0 radical (unpaired) electrons. The molecule has 0 aliphatic heterocycles. The Bertz CT molecular complexity index is 1180. The molecule has 2 N–H and O–H groups in total. The quantitative estimate of drug-likeness (QED) is 0.396. The Balaban J connectivity index is 1.61. The number of fused-ring (bicyclic) bond motifs is 1. The molecule has 2 heterocycles. The van der Waals surface area contributed by atoms with Gasteiger partial charge in [-0.2, -0.15) is 0 Å². The highest BCUT2D eigenvalue weighted by atomic mass is 16.5. The van der Waals surface area contributed by atoms with Crippen LogP contribution in [0.3, 0.4) is 0 Å². The van der Waals surface area contributed by atoms with Gasteiger partial charge in [-0.05, 0) is 44.2 Å². The second-order valence-electron chi connectivity index (χ2n) is 6.52. The lowest BCUT2D eigenvalue weighted by atomic mass is 10.1. The Morgan fingerprint density at radius 3 is 2.79 bits per heavy atom. The molecule has 0 aliphatic rings. The van der Waals surface area contributed by atoms with Gasteiger partial charge in [0, 0.05) is 11.1 Å². The fourth-order valence-electron chi connectivity index (χ4n) is 2.97. The van der Waals surface area contributed by atoms with Crippen molar-refractivity contribution in [2.45, 2.75) is 20.5 Å². The molecule has 4 rings (SSSR count). The molecule has 8 heteroatoms. The Hall–Kier alpha value is -3.78. The van der Waals surface area contributed by atoms with Crippen LogP contribution in [0.2, 0.25) is 0 Å². The van der Waals surface area contributed by atoms with Crippen LogP contribution in [0.4, 0.5) is 0 Å². The highest BCUT2D eigenvalue weighted by molar-refractivity contribution is 5.96. The highest BCUT2D eigenvalue weighted by Gasteiger charge is 2.11. The van der Waals surface area contributed by atoms with Crippen LogP contribution in [0.1, 0.15) is 27.4 Å². The maximum atomic E-state index is 11.6. The molecular weight excluding hydrogens is 372 g/mol. The van der Waals surface area contributed by atoms with Crippen molar-refractivity contribution < 1.29 is 19.3 Å². The Labute approximate surface area is 166 Å². The molecule has 0 unspecified atom stereocenters. The van der Waals surface area contributed by atoms with Crippen LogP contribution in [0.25, 0.3) is 22.3 Å². The third-order valence-corrected chi connectivity index (χ3v) is 4.60. The van der Waals surface area contributed by atoms with Crippen molar-refractivity contribution in [3.05, 3.63) is 71.2 Å². The van der Waals surface area contributed by atoms with Gasteiger partial charge in [0.15, 0.2) is 0 Å². The first-order valence-electron chi connectivity index (χ1n) is 8.91. The van der Waals surface area contributed by atoms with Crippen molar-refractivity contribution >= 4 is 16.9 Å². The van der Waals surface area contributed by atoms with E-state index >= 15 is 0 Å². The van der Waals surface area contributed by atoms with Gasteiger partial charge in [0.25, 0.3) is 5.91 Å². The molecule has 0 saturated heterocycles. The third-order valence-electron chi connectivity index (χ3n) is 4.60. The number of aryl methyl sites for hydroxylation is 2. The van der Waals surface area contributed by atoms with Crippen molar-refractivity contribution in [1.29, 1.82) is 0 Å². The Morgan fingerprint density at radius 2 is 2.03 bits per heavy atom. The zero-order valence-electron chi connectivity index (χ0n) is 15.8. The van der Waals surface area contributed by atoms with E-state index in [4.69, 9.17) is 14.5 Å². The summed E-state index contributed by atoms with van der Waals surface area (Å²) in [4.78, 5) is 20.6. The van der Waals surface area contributed by atoms with Gasteiger partial charge in [-0.15, -0.1) is 0 Å². The number of hydrogen-bond acceptors (Lipinski definition) is 7. The molecule has 2 aromatic heterocycles. The predicted octanol–water partition coefficient (Wildman–Crippen LogP) is 3.60. The smallest absolute Gasteiger partial charge is 0.274 e. The van der Waals surface area contributed by atoms with Crippen molar-refractivity contribution in [2.75, 3.05) is 0 Å². The van der Waals surface area contributed by atoms with E-state index in [1.807, 2.05) is 38.1 Å². The minimum Gasteiger partial charge on any atom is -0.489 e. The Morgan fingerprint density at radius 1 is 1.17 bits per heavy atom. The number of carbonyl (C=O) groups excluding carboxylic acids is 1. The number of hydroxylamine groups is 1. The SMILES string of the molecule is Cc1noc(C)c1COc1cccc(-c2cnc3ccc(C(=O)NO)cc3n2)c1. The van der Waals surface area contributed by atoms with Crippen LogP contribution < -0.4 is 10.2 Å². The van der Waals surface area contributed by atoms with E-state index in [0.717, 1.165) is 22.6 Å². The average Bonchev–Trinajstić information content (AvgIpc) is 3.08. The maximum Gasteiger partial charge on any atom is 0.274 e. The maximum absolute atomic E-state index is 11.6. The summed E-state index contributed by atoms with van der Waals surface area (Å²) in [5.41, 5.74) is 6.31. The van der Waals surface area contributed by atoms with Crippen LogP contribution >= 0.6 is 0 Å². The molecule has 2 aromatic carbocycles. The molecule has 0 spiro atoms. The minimum absolute atomic E-state index is 0.294. The van der Waals surface area contributed by atoms with Crippen molar-refractivity contribution in [2.24, 2.45) is 0 Å². The van der Waals surface area contributed by atoms with E-state index in [1.54, 1.807) is 29.9 Å². The zero-order valence-corrected chi connectivity index (χ0v) is 15.8. The van der Waals surface area contributed by atoms with Gasteiger partial charge >= 0.3 is 0 Å². The first kappa shape index (κ1) is 18.6. The largest absolute Gasteiger partial charge is 0.489 e. The van der Waals surface area contributed by atoms with Crippen LogP contribution in [-0.4, -0.2) is 26.2 Å². The first-order valence-corrected chi connectivity index (χ1v) is 8.91. The molecule has 0 bridgehead atoms. The summed E-state index contributed by atoms with van der Waals surface area (Å²) in [5.74, 6) is 0.813. The molecule has 8 nitrogen and oxygen atoms in total. The van der Waals surface area contributed by atoms with Crippen molar-refractivity contribution in [3.8, 4) is 17.0 Å². The van der Waals surface area contributed by atoms with E-state index in [0.29, 0.717) is 34.6 Å². The normalized spacial score (nSPS) is 10.9. The Kier molecular flexibility index (Phi) is 4.92. The van der Waals surface area contributed by atoms with Crippen LogP contribution in [0.5, 0.6) is 5.75 Å². The van der Waals surface area contributed by atoms with E-state index in [2.05, 4.69) is 15.1 Å². The number of aromatic nitrogens is 3. The predicted molar refractivity (Wildman–Crippen MR) is 105 cm³/mol. The van der Waals surface area contributed by atoms with Gasteiger partial charge in [-0.3, -0.25) is 15.0 Å². The van der Waals surface area contributed by atoms with E-state index in [9.17, 15) is 4.79 Å². The van der Waals surface area contributed by atoms with Crippen LogP contribution in [0.15, 0.2) is 53.2 Å².